The molecule has 0 saturated carbocycles. The zero-order valence-corrected chi connectivity index (χ0v) is 17.0. The van der Waals surface area contributed by atoms with Gasteiger partial charge in [-0.25, -0.2) is 4.98 Å². The first-order valence-electron chi connectivity index (χ1n) is 10.3. The molecule has 0 radical (unpaired) electrons. The molecule has 0 unspecified atom stereocenters. The minimum Gasteiger partial charge on any atom is -0.438 e. The van der Waals surface area contributed by atoms with Crippen molar-refractivity contribution < 1.29 is 22.4 Å². The molecule has 1 amide bonds. The number of carbonyl (C=O) groups is 1. The number of nitrogens with zero attached hydrogens (tertiary/aromatic N) is 2. The average Bonchev–Trinajstić information content (AvgIpc) is 3.45. The van der Waals surface area contributed by atoms with Gasteiger partial charge in [0.25, 0.3) is 5.91 Å². The second-order valence-electron chi connectivity index (χ2n) is 7.80. The summed E-state index contributed by atoms with van der Waals surface area (Å²) in [4.78, 5) is 19.3. The van der Waals surface area contributed by atoms with E-state index in [1.807, 2.05) is 18.2 Å². The van der Waals surface area contributed by atoms with Gasteiger partial charge < -0.3 is 9.32 Å². The number of hydrogen-bond acceptors (Lipinski definition) is 3. The van der Waals surface area contributed by atoms with Gasteiger partial charge in [-0.3, -0.25) is 4.79 Å². The summed E-state index contributed by atoms with van der Waals surface area (Å²) in [6, 6.07) is 19.0. The highest BCUT2D eigenvalue weighted by Gasteiger charge is 2.35. The van der Waals surface area contributed by atoms with E-state index in [1.54, 1.807) is 41.3 Å². The number of likely N-dealkylation sites (tertiary alicyclic amines) is 1. The summed E-state index contributed by atoms with van der Waals surface area (Å²) >= 11 is 0. The average molecular weight is 436 g/mol. The summed E-state index contributed by atoms with van der Waals surface area (Å²) in [5.74, 6) is 0.318. The van der Waals surface area contributed by atoms with Gasteiger partial charge >= 0.3 is 6.18 Å². The van der Waals surface area contributed by atoms with Crippen molar-refractivity contribution in [2.45, 2.75) is 25.1 Å². The predicted octanol–water partition coefficient (Wildman–Crippen LogP) is 6.49. The normalized spacial score (nSPS) is 16.6. The summed E-state index contributed by atoms with van der Waals surface area (Å²) in [6.45, 7) is 0.599. The van der Waals surface area contributed by atoms with Gasteiger partial charge in [0.15, 0.2) is 5.58 Å². The van der Waals surface area contributed by atoms with Crippen LogP contribution in [0, 0.1) is 0 Å². The largest absolute Gasteiger partial charge is 0.438 e. The summed E-state index contributed by atoms with van der Waals surface area (Å²) in [5.41, 5.74) is 1.35. The lowest BCUT2D eigenvalue weighted by atomic mass is 9.99. The molecule has 162 valence electrons. The maximum absolute atomic E-state index is 13.4. The Kier molecular flexibility index (Phi) is 4.96. The first-order chi connectivity index (χ1) is 15.4. The molecule has 1 fully saturated rings. The van der Waals surface area contributed by atoms with Gasteiger partial charge in [0, 0.05) is 12.1 Å². The van der Waals surface area contributed by atoms with Gasteiger partial charge in [-0.15, -0.1) is 0 Å². The maximum atomic E-state index is 13.4. The van der Waals surface area contributed by atoms with E-state index in [0.29, 0.717) is 34.7 Å². The third kappa shape index (κ3) is 3.64. The fourth-order valence-electron chi connectivity index (χ4n) is 4.25. The summed E-state index contributed by atoms with van der Waals surface area (Å²) < 4.78 is 46.3. The molecular formula is C25H19F3N2O2. The molecule has 1 aliphatic heterocycles. The van der Waals surface area contributed by atoms with E-state index in [1.165, 1.54) is 12.1 Å². The molecule has 2 heterocycles. The van der Waals surface area contributed by atoms with Crippen molar-refractivity contribution in [2.24, 2.45) is 0 Å². The van der Waals surface area contributed by atoms with E-state index in [-0.39, 0.29) is 17.5 Å². The SMILES string of the molecule is O=C(c1ccccc1)N1CCC[C@@H]1c1nc2cc(-c3ccccc3C(F)(F)F)ccc2o1. The lowest BCUT2D eigenvalue weighted by molar-refractivity contribution is -0.137. The van der Waals surface area contributed by atoms with Crippen LogP contribution in [0.2, 0.25) is 0 Å². The second kappa shape index (κ2) is 7.82. The first-order valence-corrected chi connectivity index (χ1v) is 10.3. The van der Waals surface area contributed by atoms with Gasteiger partial charge in [-0.1, -0.05) is 42.5 Å². The third-order valence-corrected chi connectivity index (χ3v) is 5.77. The number of hydrogen-bond donors (Lipinski definition) is 0. The first kappa shape index (κ1) is 20.3. The molecule has 1 aliphatic rings. The highest BCUT2D eigenvalue weighted by Crippen LogP contribution is 2.39. The maximum Gasteiger partial charge on any atom is 0.417 e. The highest BCUT2D eigenvalue weighted by atomic mass is 19.4. The molecule has 32 heavy (non-hydrogen) atoms. The van der Waals surface area contributed by atoms with Gasteiger partial charge in [0.2, 0.25) is 5.89 Å². The van der Waals surface area contributed by atoms with Gasteiger partial charge in [-0.2, -0.15) is 13.2 Å². The number of rotatable bonds is 3. The molecular weight excluding hydrogens is 417 g/mol. The van der Waals surface area contributed by atoms with E-state index >= 15 is 0 Å². The van der Waals surface area contributed by atoms with E-state index in [9.17, 15) is 18.0 Å². The van der Waals surface area contributed by atoms with Crippen LogP contribution in [-0.2, 0) is 6.18 Å². The van der Waals surface area contributed by atoms with Crippen molar-refractivity contribution in [3.8, 4) is 11.1 Å². The number of alkyl halides is 3. The molecule has 3 aromatic carbocycles. The van der Waals surface area contributed by atoms with Crippen LogP contribution in [0.15, 0.2) is 77.2 Å². The standard InChI is InChI=1S/C25H19F3N2O2/c26-25(27,28)19-10-5-4-9-18(19)17-12-13-22-20(15-17)29-23(32-22)21-11-6-14-30(21)24(31)16-7-2-1-3-8-16/h1-5,7-10,12-13,15,21H,6,11,14H2/t21-/m1/s1. The van der Waals surface area contributed by atoms with Crippen molar-refractivity contribution >= 4 is 17.0 Å². The van der Waals surface area contributed by atoms with E-state index < -0.39 is 11.7 Å². The molecule has 0 aliphatic carbocycles. The van der Waals surface area contributed by atoms with Crippen molar-refractivity contribution in [3.63, 3.8) is 0 Å². The lowest BCUT2D eigenvalue weighted by Crippen LogP contribution is -2.30. The Morgan fingerprint density at radius 3 is 2.53 bits per heavy atom. The Balaban J connectivity index is 1.49. The number of carbonyl (C=O) groups excluding carboxylic acids is 1. The van der Waals surface area contributed by atoms with Crippen LogP contribution < -0.4 is 0 Å². The summed E-state index contributed by atoms with van der Waals surface area (Å²) in [6.07, 6.45) is -2.91. The Labute approximate surface area is 182 Å². The van der Waals surface area contributed by atoms with Gasteiger partial charge in [-0.05, 0) is 54.3 Å². The number of benzene rings is 3. The zero-order valence-electron chi connectivity index (χ0n) is 17.0. The highest BCUT2D eigenvalue weighted by molar-refractivity contribution is 5.94. The molecule has 0 bridgehead atoms. The number of oxazole rings is 1. The molecule has 1 atom stereocenters. The second-order valence-corrected chi connectivity index (χ2v) is 7.80. The molecule has 4 aromatic rings. The number of amides is 1. The number of halogens is 3. The van der Waals surface area contributed by atoms with Crippen molar-refractivity contribution in [3.05, 3.63) is 89.8 Å². The van der Waals surface area contributed by atoms with Gasteiger partial charge in [0.1, 0.15) is 11.6 Å². The predicted molar refractivity (Wildman–Crippen MR) is 114 cm³/mol. The van der Waals surface area contributed by atoms with Crippen LogP contribution in [0.3, 0.4) is 0 Å². The van der Waals surface area contributed by atoms with E-state index in [2.05, 4.69) is 4.98 Å². The van der Waals surface area contributed by atoms with Gasteiger partial charge in [0.05, 0.1) is 5.56 Å². The van der Waals surface area contributed by atoms with Crippen molar-refractivity contribution in [2.75, 3.05) is 6.54 Å². The number of aromatic nitrogens is 1. The molecule has 4 nitrogen and oxygen atoms in total. The monoisotopic (exact) mass is 436 g/mol. The Morgan fingerprint density at radius 2 is 1.75 bits per heavy atom. The van der Waals surface area contributed by atoms with Crippen LogP contribution >= 0.6 is 0 Å². The van der Waals surface area contributed by atoms with E-state index in [0.717, 1.165) is 18.9 Å². The molecule has 5 rings (SSSR count). The van der Waals surface area contributed by atoms with Crippen LogP contribution in [-0.4, -0.2) is 22.3 Å². The summed E-state index contributed by atoms with van der Waals surface area (Å²) in [7, 11) is 0. The molecule has 7 heteroatoms. The molecule has 0 spiro atoms. The van der Waals surface area contributed by atoms with Crippen molar-refractivity contribution in [1.82, 2.24) is 9.88 Å². The van der Waals surface area contributed by atoms with E-state index in [4.69, 9.17) is 4.42 Å². The number of fused-ring (bicyclic) bond motifs is 1. The quantitative estimate of drug-likeness (QED) is 0.369. The summed E-state index contributed by atoms with van der Waals surface area (Å²) in [5, 5.41) is 0. The molecule has 1 saturated heterocycles. The van der Waals surface area contributed by atoms with Crippen LogP contribution in [0.1, 0.15) is 40.7 Å². The van der Waals surface area contributed by atoms with Crippen LogP contribution in [0.5, 0.6) is 0 Å². The lowest BCUT2D eigenvalue weighted by Gasteiger charge is -2.22. The minimum absolute atomic E-state index is 0.0878. The third-order valence-electron chi connectivity index (χ3n) is 5.77. The Morgan fingerprint density at radius 1 is 1.00 bits per heavy atom. The smallest absolute Gasteiger partial charge is 0.417 e. The molecule has 0 N–H and O–H groups in total. The topological polar surface area (TPSA) is 46.3 Å². The van der Waals surface area contributed by atoms with Crippen molar-refractivity contribution in [1.29, 1.82) is 0 Å². The van der Waals surface area contributed by atoms with Crippen LogP contribution in [0.4, 0.5) is 13.2 Å². The Bertz CT molecular complexity index is 1280. The minimum atomic E-state index is -4.46. The molecule has 1 aromatic heterocycles. The fourth-order valence-corrected chi connectivity index (χ4v) is 4.25. The Hall–Kier alpha value is -3.61. The van der Waals surface area contributed by atoms with Crippen LogP contribution in [0.25, 0.3) is 22.2 Å². The zero-order chi connectivity index (χ0) is 22.3. The fraction of sp³-hybridized carbons (Fsp3) is 0.200.